The average Bonchev–Trinajstić information content (AvgIpc) is 2.86. The lowest BCUT2D eigenvalue weighted by molar-refractivity contribution is -0.122. The normalized spacial score (nSPS) is 23.9. The number of carbonyl (C=O) groups excluding carboxylic acids is 1. The second kappa shape index (κ2) is 10.2. The van der Waals surface area contributed by atoms with Gasteiger partial charge in [-0.3, -0.25) is 9.59 Å². The third-order valence-electron chi connectivity index (χ3n) is 6.12. The van der Waals surface area contributed by atoms with Crippen molar-refractivity contribution in [3.63, 3.8) is 0 Å². The molecular formula is C25H29ClFN5O3. The molecule has 10 heteroatoms. The maximum Gasteiger partial charge on any atom is 0.293 e. The number of benzene rings is 1. The van der Waals surface area contributed by atoms with Crippen molar-refractivity contribution < 1.29 is 18.0 Å². The smallest absolute Gasteiger partial charge is 0.293 e. The molecule has 3 atom stereocenters. The number of nitrogens with one attached hydrogen (secondary N) is 1. The van der Waals surface area contributed by atoms with Crippen LogP contribution >= 0.6 is 11.6 Å². The Bertz CT molecular complexity index is 1440. The van der Waals surface area contributed by atoms with Gasteiger partial charge in [0.05, 0.1) is 26.5 Å². The topological polar surface area (TPSA) is 89.3 Å². The van der Waals surface area contributed by atoms with Crippen LogP contribution in [0.25, 0.3) is 10.9 Å². The molecule has 1 aliphatic rings. The average molecular weight is 505 g/mol. The van der Waals surface area contributed by atoms with E-state index >= 15 is 0 Å². The number of hydrogen-bond acceptors (Lipinski definition) is 6. The molecule has 1 N–H and O–H groups in total. The molecule has 1 aromatic carbocycles. The first kappa shape index (κ1) is 21.1. The third kappa shape index (κ3) is 5.24. The number of carbonyl (C=O) groups is 1. The van der Waals surface area contributed by atoms with Gasteiger partial charge in [0.1, 0.15) is 6.15 Å². The van der Waals surface area contributed by atoms with Crippen LogP contribution in [0, 0.1) is 11.8 Å². The van der Waals surface area contributed by atoms with Crippen LogP contribution in [-0.2, 0) is 18.3 Å². The fourth-order valence-corrected chi connectivity index (χ4v) is 4.42. The minimum Gasteiger partial charge on any atom is -0.478 e. The van der Waals surface area contributed by atoms with Gasteiger partial charge in [0.2, 0.25) is 5.95 Å². The maximum absolute atomic E-state index is 14.6. The van der Waals surface area contributed by atoms with Crippen LogP contribution in [0.5, 0.6) is 5.75 Å². The summed E-state index contributed by atoms with van der Waals surface area (Å²) in [5, 5.41) is 3.12. The minimum absolute atomic E-state index is 0.306. The van der Waals surface area contributed by atoms with Crippen molar-refractivity contribution in [3.05, 3.63) is 57.1 Å². The van der Waals surface area contributed by atoms with Crippen LogP contribution in [-0.4, -0.2) is 53.3 Å². The summed E-state index contributed by atoms with van der Waals surface area (Å²) in [4.78, 5) is 35.4. The van der Waals surface area contributed by atoms with E-state index in [-0.39, 0.29) is 5.75 Å². The first-order chi connectivity index (χ1) is 17.7. The molecule has 0 saturated carbocycles. The predicted octanol–water partition coefficient (Wildman–Crippen LogP) is 3.13. The number of halogens is 2. The Kier molecular flexibility index (Phi) is 6.15. The number of aryl methyl sites for hydroxylation is 1. The summed E-state index contributed by atoms with van der Waals surface area (Å²) >= 11 is 6.41. The molecule has 1 amide bonds. The second-order valence-corrected chi connectivity index (χ2v) is 9.19. The summed E-state index contributed by atoms with van der Waals surface area (Å²) in [5.74, 6) is -1.95. The van der Waals surface area contributed by atoms with Gasteiger partial charge < -0.3 is 19.5 Å². The second-order valence-electron chi connectivity index (χ2n) is 8.78. The molecule has 0 bridgehead atoms. The van der Waals surface area contributed by atoms with E-state index in [1.807, 2.05) is 11.0 Å². The molecule has 3 aromatic rings. The van der Waals surface area contributed by atoms with Crippen molar-refractivity contribution >= 4 is 34.4 Å². The molecule has 0 aliphatic carbocycles. The maximum atomic E-state index is 14.6. The number of alkyl halides is 1. The van der Waals surface area contributed by atoms with Crippen LogP contribution in [0.3, 0.4) is 0 Å². The zero-order valence-electron chi connectivity index (χ0n) is 22.9. The summed E-state index contributed by atoms with van der Waals surface area (Å²) in [7, 11) is 2.80. The van der Waals surface area contributed by atoms with E-state index in [1.54, 1.807) is 26.0 Å². The fourth-order valence-electron chi connectivity index (χ4n) is 4.26. The van der Waals surface area contributed by atoms with E-state index in [0.29, 0.717) is 47.1 Å². The number of amides is 1. The zero-order valence-corrected chi connectivity index (χ0v) is 20.7. The molecule has 0 radical (unpaired) electrons. The predicted molar refractivity (Wildman–Crippen MR) is 134 cm³/mol. The Balaban J connectivity index is 1.65. The van der Waals surface area contributed by atoms with Crippen molar-refractivity contribution in [2.75, 3.05) is 31.6 Å². The first-order valence-corrected chi connectivity index (χ1v) is 11.6. The SMILES string of the molecule is [2H]C([2H])(Oc1cc2cc(Cc3nc(N4C[C@@H](C)C([2H])(F)[C@@H](C)C4)ncc3Cl)ccc2n(C)c1=O)C(=O)NC. The van der Waals surface area contributed by atoms with Gasteiger partial charge in [0, 0.05) is 50.8 Å². The van der Waals surface area contributed by atoms with Crippen LogP contribution in [0.15, 0.2) is 35.3 Å². The number of piperidine rings is 1. The van der Waals surface area contributed by atoms with Crippen molar-refractivity contribution in [2.45, 2.75) is 26.4 Å². The van der Waals surface area contributed by atoms with Gasteiger partial charge >= 0.3 is 0 Å². The van der Waals surface area contributed by atoms with Gasteiger partial charge in [0.25, 0.3) is 11.5 Å². The van der Waals surface area contributed by atoms with Crippen LogP contribution in [0.2, 0.25) is 5.02 Å². The van der Waals surface area contributed by atoms with Gasteiger partial charge in [0.15, 0.2) is 12.3 Å². The standard InChI is InChI=1S/C25H29ClFN5O3/c1-14-11-32(12-15(2)23(14)27)25-29-10-18(26)19(30-25)8-16-5-6-20-17(7-16)9-21(24(34)31(20)4)35-13-22(33)28-3/h5-7,9-10,14-15,23H,8,11-13H2,1-4H3,(H,28,33)/t14-,15+,23?/i13D2,23D. The van der Waals surface area contributed by atoms with Crippen LogP contribution in [0.1, 0.15) is 29.2 Å². The molecule has 3 heterocycles. The highest BCUT2D eigenvalue weighted by molar-refractivity contribution is 6.31. The van der Waals surface area contributed by atoms with Gasteiger partial charge in [-0.25, -0.2) is 14.4 Å². The Hall–Kier alpha value is -3.20. The number of pyridine rings is 1. The van der Waals surface area contributed by atoms with E-state index < -0.39 is 36.0 Å². The van der Waals surface area contributed by atoms with Crippen molar-refractivity contribution in [1.29, 1.82) is 0 Å². The molecule has 4 rings (SSSR count). The largest absolute Gasteiger partial charge is 0.478 e. The summed E-state index contributed by atoms with van der Waals surface area (Å²) in [5.41, 5.74) is 1.35. The first-order valence-electron chi connectivity index (χ1n) is 12.7. The van der Waals surface area contributed by atoms with E-state index in [0.717, 1.165) is 5.56 Å². The fraction of sp³-hybridized carbons (Fsp3) is 0.440. The Morgan fingerprint density at radius 3 is 2.74 bits per heavy atom. The molecule has 1 aliphatic heterocycles. The zero-order chi connectivity index (χ0) is 28.0. The number of aromatic nitrogens is 3. The summed E-state index contributed by atoms with van der Waals surface area (Å²) in [6, 6.07) is 6.78. The van der Waals surface area contributed by atoms with Gasteiger partial charge in [-0.05, 0) is 23.8 Å². The number of fused-ring (bicyclic) bond motifs is 1. The molecule has 1 fully saturated rings. The number of nitrogens with zero attached hydrogens (tertiary/aromatic N) is 4. The summed E-state index contributed by atoms with van der Waals surface area (Å²) < 4.78 is 44.8. The van der Waals surface area contributed by atoms with Gasteiger partial charge in [-0.15, -0.1) is 0 Å². The highest BCUT2D eigenvalue weighted by Crippen LogP contribution is 2.29. The lowest BCUT2D eigenvalue weighted by Crippen LogP contribution is -2.46. The van der Waals surface area contributed by atoms with Crippen molar-refractivity contribution in [1.82, 2.24) is 19.9 Å². The monoisotopic (exact) mass is 504 g/mol. The number of hydrogen-bond donors (Lipinski definition) is 1. The molecule has 186 valence electrons. The molecular weight excluding hydrogens is 473 g/mol. The molecule has 2 aromatic heterocycles. The lowest BCUT2D eigenvalue weighted by Gasteiger charge is -2.37. The van der Waals surface area contributed by atoms with Crippen molar-refractivity contribution in [3.8, 4) is 5.75 Å². The van der Waals surface area contributed by atoms with Gasteiger partial charge in [-0.1, -0.05) is 31.5 Å². The van der Waals surface area contributed by atoms with E-state index in [9.17, 15) is 14.0 Å². The van der Waals surface area contributed by atoms with Crippen LogP contribution < -0.4 is 20.5 Å². The summed E-state index contributed by atoms with van der Waals surface area (Å²) in [6.45, 7) is 1.28. The number of anilines is 1. The molecule has 8 nitrogen and oxygen atoms in total. The number of likely N-dealkylation sites (N-methyl/N-ethyl adjacent to an activating group) is 1. The lowest BCUT2D eigenvalue weighted by atomic mass is 9.90. The third-order valence-corrected chi connectivity index (χ3v) is 6.44. The van der Waals surface area contributed by atoms with E-state index in [2.05, 4.69) is 15.3 Å². The quantitative estimate of drug-likeness (QED) is 0.555. The number of rotatable bonds is 6. The highest BCUT2D eigenvalue weighted by Gasteiger charge is 2.33. The Labute approximate surface area is 212 Å². The molecule has 1 saturated heterocycles. The Morgan fingerprint density at radius 1 is 1.34 bits per heavy atom. The van der Waals surface area contributed by atoms with Gasteiger partial charge in [-0.2, -0.15) is 0 Å². The Morgan fingerprint density at radius 2 is 2.06 bits per heavy atom. The summed E-state index contributed by atoms with van der Waals surface area (Å²) in [6.07, 6.45) is -0.184. The van der Waals surface area contributed by atoms with Crippen molar-refractivity contribution in [2.24, 2.45) is 18.9 Å². The molecule has 0 spiro atoms. The van der Waals surface area contributed by atoms with E-state index in [1.165, 1.54) is 30.9 Å². The molecule has 35 heavy (non-hydrogen) atoms. The number of ether oxygens (including phenoxy) is 1. The van der Waals surface area contributed by atoms with Crippen LogP contribution in [0.4, 0.5) is 10.3 Å². The highest BCUT2D eigenvalue weighted by atomic mass is 35.5. The minimum atomic E-state index is -2.73. The van der Waals surface area contributed by atoms with E-state index in [4.69, 9.17) is 20.5 Å². The molecule has 1 unspecified atom stereocenters.